The summed E-state index contributed by atoms with van der Waals surface area (Å²) in [5.41, 5.74) is -0.253. The molecular formula is C9H10ClN5O3. The standard InChI is InChI=1S/C9H10ClN5O3/c1-13-2-3-14(5-7(13)16)8-6(15(17)18)4-11-9(10)12-8/h4H,2-3,5H2,1H3. The number of amides is 1. The molecule has 0 spiro atoms. The minimum absolute atomic E-state index is 0.0463. The number of carbonyl (C=O) groups excluding carboxylic acids is 1. The molecule has 0 bridgehead atoms. The molecule has 8 nitrogen and oxygen atoms in total. The number of rotatable bonds is 2. The average Bonchev–Trinajstić information content (AvgIpc) is 2.32. The Kier molecular flexibility index (Phi) is 3.28. The molecule has 1 saturated heterocycles. The largest absolute Gasteiger partial charge is 0.342 e. The van der Waals surface area contributed by atoms with Gasteiger partial charge in [-0.15, -0.1) is 0 Å². The first-order valence-electron chi connectivity index (χ1n) is 5.15. The molecule has 0 unspecified atom stereocenters. The van der Waals surface area contributed by atoms with E-state index in [9.17, 15) is 14.9 Å². The van der Waals surface area contributed by atoms with E-state index in [1.54, 1.807) is 11.9 Å². The number of halogens is 1. The smallest absolute Gasteiger partial charge is 0.329 e. The maximum Gasteiger partial charge on any atom is 0.329 e. The summed E-state index contributed by atoms with van der Waals surface area (Å²) in [4.78, 5) is 32.4. The molecule has 1 fully saturated rings. The second kappa shape index (κ2) is 4.73. The summed E-state index contributed by atoms with van der Waals surface area (Å²) in [6, 6.07) is 0. The Hall–Kier alpha value is -1.96. The molecule has 0 aromatic carbocycles. The predicted molar refractivity (Wildman–Crippen MR) is 63.5 cm³/mol. The minimum atomic E-state index is -0.589. The van der Waals surface area contributed by atoms with Gasteiger partial charge in [0, 0.05) is 20.1 Å². The fraction of sp³-hybridized carbons (Fsp3) is 0.444. The highest BCUT2D eigenvalue weighted by atomic mass is 35.5. The van der Waals surface area contributed by atoms with Crippen LogP contribution >= 0.6 is 11.6 Å². The van der Waals surface area contributed by atoms with Gasteiger partial charge in [-0.2, -0.15) is 4.98 Å². The van der Waals surface area contributed by atoms with E-state index in [4.69, 9.17) is 11.6 Å². The average molecular weight is 272 g/mol. The van der Waals surface area contributed by atoms with E-state index in [1.807, 2.05) is 0 Å². The number of hydrogen-bond acceptors (Lipinski definition) is 6. The van der Waals surface area contributed by atoms with Gasteiger partial charge in [0.2, 0.25) is 17.0 Å². The fourth-order valence-corrected chi connectivity index (χ4v) is 1.78. The quantitative estimate of drug-likeness (QED) is 0.437. The molecule has 96 valence electrons. The first kappa shape index (κ1) is 12.5. The highest BCUT2D eigenvalue weighted by Crippen LogP contribution is 2.26. The summed E-state index contributed by atoms with van der Waals surface area (Å²) in [5.74, 6) is -0.0354. The van der Waals surface area contributed by atoms with Crippen molar-refractivity contribution in [2.24, 2.45) is 0 Å². The zero-order valence-corrected chi connectivity index (χ0v) is 10.3. The first-order valence-corrected chi connectivity index (χ1v) is 5.52. The van der Waals surface area contributed by atoms with E-state index in [0.717, 1.165) is 6.20 Å². The van der Waals surface area contributed by atoms with Crippen LogP contribution < -0.4 is 4.90 Å². The van der Waals surface area contributed by atoms with Crippen molar-refractivity contribution < 1.29 is 9.72 Å². The van der Waals surface area contributed by atoms with Crippen molar-refractivity contribution in [2.45, 2.75) is 0 Å². The molecule has 2 heterocycles. The van der Waals surface area contributed by atoms with E-state index >= 15 is 0 Å². The summed E-state index contributed by atoms with van der Waals surface area (Å²) in [5, 5.41) is 10.8. The van der Waals surface area contributed by atoms with Gasteiger partial charge in [-0.3, -0.25) is 14.9 Å². The number of anilines is 1. The Balaban J connectivity index is 2.35. The van der Waals surface area contributed by atoms with Gasteiger partial charge in [-0.05, 0) is 11.6 Å². The molecule has 1 amide bonds. The van der Waals surface area contributed by atoms with Crippen LogP contribution in [0.15, 0.2) is 6.20 Å². The normalized spacial score (nSPS) is 16.0. The fourth-order valence-electron chi connectivity index (χ4n) is 1.65. The van der Waals surface area contributed by atoms with Gasteiger partial charge in [-0.1, -0.05) is 0 Å². The third-order valence-electron chi connectivity index (χ3n) is 2.67. The van der Waals surface area contributed by atoms with Crippen molar-refractivity contribution in [3.63, 3.8) is 0 Å². The number of hydrogen-bond donors (Lipinski definition) is 0. The number of piperazine rings is 1. The molecular weight excluding hydrogens is 262 g/mol. The molecule has 9 heteroatoms. The molecule has 1 aromatic heterocycles. The van der Waals surface area contributed by atoms with Crippen molar-refractivity contribution >= 4 is 29.0 Å². The monoisotopic (exact) mass is 271 g/mol. The van der Waals surface area contributed by atoms with Crippen molar-refractivity contribution in [1.29, 1.82) is 0 Å². The Labute approximate surface area is 107 Å². The zero-order chi connectivity index (χ0) is 13.3. The van der Waals surface area contributed by atoms with Gasteiger partial charge in [0.25, 0.3) is 0 Å². The molecule has 1 aliphatic heterocycles. The number of nitro groups is 1. The summed E-state index contributed by atoms with van der Waals surface area (Å²) in [6.07, 6.45) is 1.05. The second-order valence-electron chi connectivity index (χ2n) is 3.84. The third kappa shape index (κ3) is 2.33. The summed E-state index contributed by atoms with van der Waals surface area (Å²) in [7, 11) is 1.68. The van der Waals surface area contributed by atoms with Gasteiger partial charge < -0.3 is 9.80 Å². The molecule has 1 aliphatic rings. The Morgan fingerprint density at radius 1 is 1.50 bits per heavy atom. The van der Waals surface area contributed by atoms with Gasteiger partial charge >= 0.3 is 5.69 Å². The van der Waals surface area contributed by atoms with E-state index in [1.165, 1.54) is 4.90 Å². The Morgan fingerprint density at radius 3 is 2.83 bits per heavy atom. The van der Waals surface area contributed by atoms with E-state index in [2.05, 4.69) is 9.97 Å². The number of nitrogens with zero attached hydrogens (tertiary/aromatic N) is 5. The molecule has 2 rings (SSSR count). The Bertz CT molecular complexity index is 509. The van der Waals surface area contributed by atoms with Crippen LogP contribution in [0.2, 0.25) is 5.28 Å². The first-order chi connectivity index (χ1) is 8.49. The topological polar surface area (TPSA) is 92.5 Å². The highest BCUT2D eigenvalue weighted by Gasteiger charge is 2.28. The van der Waals surface area contributed by atoms with E-state index < -0.39 is 4.92 Å². The number of carbonyl (C=O) groups is 1. The van der Waals surface area contributed by atoms with Crippen LogP contribution in [0.25, 0.3) is 0 Å². The van der Waals surface area contributed by atoms with Crippen molar-refractivity contribution in [3.05, 3.63) is 21.6 Å². The van der Waals surface area contributed by atoms with Crippen LogP contribution in [-0.2, 0) is 4.79 Å². The molecule has 0 N–H and O–H groups in total. The lowest BCUT2D eigenvalue weighted by molar-refractivity contribution is -0.384. The molecule has 0 atom stereocenters. The van der Waals surface area contributed by atoms with Crippen molar-refractivity contribution in [3.8, 4) is 0 Å². The molecule has 0 radical (unpaired) electrons. The molecule has 1 aromatic rings. The maximum atomic E-state index is 11.6. The Morgan fingerprint density at radius 2 is 2.22 bits per heavy atom. The van der Waals surface area contributed by atoms with Crippen molar-refractivity contribution in [2.75, 3.05) is 31.6 Å². The molecule has 0 saturated carbocycles. The maximum absolute atomic E-state index is 11.6. The summed E-state index contributed by atoms with van der Waals surface area (Å²) < 4.78 is 0. The minimum Gasteiger partial charge on any atom is -0.342 e. The molecule has 0 aliphatic carbocycles. The van der Waals surface area contributed by atoms with Crippen LogP contribution in [0.5, 0.6) is 0 Å². The lowest BCUT2D eigenvalue weighted by Gasteiger charge is -2.32. The number of likely N-dealkylation sites (N-methyl/N-ethyl adjacent to an activating group) is 1. The van der Waals surface area contributed by atoms with Crippen LogP contribution in [-0.4, -0.2) is 52.4 Å². The van der Waals surface area contributed by atoms with Crippen LogP contribution in [0.3, 0.4) is 0 Å². The molecule has 18 heavy (non-hydrogen) atoms. The summed E-state index contributed by atoms with van der Waals surface area (Å²) >= 11 is 5.64. The summed E-state index contributed by atoms with van der Waals surface area (Å²) in [6.45, 7) is 0.999. The van der Waals surface area contributed by atoms with Gasteiger partial charge in [0.05, 0.1) is 11.5 Å². The van der Waals surface area contributed by atoms with E-state index in [0.29, 0.717) is 13.1 Å². The van der Waals surface area contributed by atoms with Crippen molar-refractivity contribution in [1.82, 2.24) is 14.9 Å². The van der Waals surface area contributed by atoms with Gasteiger partial charge in [0.15, 0.2) is 0 Å². The predicted octanol–water partition coefficient (Wildman–Crippen LogP) is 0.317. The SMILES string of the molecule is CN1CCN(c2nc(Cl)ncc2[N+](=O)[O-])CC1=O. The van der Waals surface area contributed by atoms with E-state index in [-0.39, 0.29) is 29.2 Å². The third-order valence-corrected chi connectivity index (χ3v) is 2.86. The second-order valence-corrected chi connectivity index (χ2v) is 4.18. The number of aromatic nitrogens is 2. The lowest BCUT2D eigenvalue weighted by Crippen LogP contribution is -2.49. The van der Waals surface area contributed by atoms with Crippen LogP contribution in [0.4, 0.5) is 11.5 Å². The van der Waals surface area contributed by atoms with Crippen LogP contribution in [0, 0.1) is 10.1 Å². The highest BCUT2D eigenvalue weighted by molar-refractivity contribution is 6.28. The zero-order valence-electron chi connectivity index (χ0n) is 9.54. The van der Waals surface area contributed by atoms with Gasteiger partial charge in [-0.25, -0.2) is 4.98 Å². The lowest BCUT2D eigenvalue weighted by atomic mass is 10.3. The van der Waals surface area contributed by atoms with Crippen LogP contribution in [0.1, 0.15) is 0 Å². The van der Waals surface area contributed by atoms with Gasteiger partial charge in [0.1, 0.15) is 6.20 Å².